The van der Waals surface area contributed by atoms with Gasteiger partial charge in [0.25, 0.3) is 0 Å². The molecule has 2 aromatic heterocycles. The summed E-state index contributed by atoms with van der Waals surface area (Å²) in [5, 5.41) is 10.1. The second-order valence-electron chi connectivity index (χ2n) is 6.46. The largest absolute Gasteiger partial charge is 0.355 e. The first kappa shape index (κ1) is 17.9. The number of fused-ring (bicyclic) bond motifs is 1. The van der Waals surface area contributed by atoms with E-state index in [4.69, 9.17) is 4.98 Å². The Bertz CT molecular complexity index is 1100. The van der Waals surface area contributed by atoms with E-state index in [9.17, 15) is 13.7 Å². The molecule has 3 heterocycles. The zero-order chi connectivity index (χ0) is 18.9. The molecule has 0 radical (unpaired) electrons. The average Bonchev–Trinajstić information content (AvgIpc) is 3.24. The molecule has 0 spiro atoms. The molecule has 0 N–H and O–H groups in total. The molecule has 1 atom stereocenters. The molecular formula is C19H18N4O2S2. The molecule has 1 aliphatic rings. The van der Waals surface area contributed by atoms with Gasteiger partial charge in [-0.15, -0.1) is 11.3 Å². The first-order valence-electron chi connectivity index (χ1n) is 8.80. The molecule has 0 saturated carbocycles. The summed E-state index contributed by atoms with van der Waals surface area (Å²) in [5.74, 6) is 0.514. The summed E-state index contributed by atoms with van der Waals surface area (Å²) in [6.45, 7) is 1.58. The number of nitrogens with zero attached hydrogens (tertiary/aromatic N) is 4. The van der Waals surface area contributed by atoms with E-state index in [-0.39, 0.29) is 9.90 Å². The second-order valence-corrected chi connectivity index (χ2v) is 9.66. The van der Waals surface area contributed by atoms with Crippen LogP contribution in [0.4, 0.5) is 5.82 Å². The Kier molecular flexibility index (Phi) is 4.81. The summed E-state index contributed by atoms with van der Waals surface area (Å²) in [6.07, 6.45) is 3.17. The van der Waals surface area contributed by atoms with Crippen molar-refractivity contribution in [2.75, 3.05) is 18.0 Å². The number of benzene rings is 1. The predicted molar refractivity (Wildman–Crippen MR) is 105 cm³/mol. The van der Waals surface area contributed by atoms with Crippen LogP contribution in [0.5, 0.6) is 0 Å². The number of hydrogen-bond donors (Lipinski definition) is 0. The van der Waals surface area contributed by atoms with Gasteiger partial charge in [-0.05, 0) is 42.8 Å². The maximum absolute atomic E-state index is 13.1. The van der Waals surface area contributed by atoms with E-state index in [1.807, 2.05) is 24.3 Å². The number of hydrogen-bond acceptors (Lipinski definition) is 7. The van der Waals surface area contributed by atoms with Gasteiger partial charge in [-0.1, -0.05) is 18.2 Å². The molecule has 6 nitrogen and oxygen atoms in total. The van der Waals surface area contributed by atoms with Crippen molar-refractivity contribution in [2.45, 2.75) is 28.7 Å². The van der Waals surface area contributed by atoms with Crippen LogP contribution in [0.15, 0.2) is 46.0 Å². The lowest BCUT2D eigenvalue weighted by molar-refractivity contribution is 0.569. The third-order valence-corrected chi connectivity index (χ3v) is 7.98. The third-order valence-electron chi connectivity index (χ3n) is 4.69. The van der Waals surface area contributed by atoms with E-state index in [1.165, 1.54) is 6.07 Å². The van der Waals surface area contributed by atoms with E-state index in [0.717, 1.165) is 43.7 Å². The SMILES string of the molecule is N#C[C@H](c1nc2ccccc2nc1N1CCCCC1)S(=O)(=O)c1cccs1. The molecule has 1 saturated heterocycles. The van der Waals surface area contributed by atoms with Gasteiger partial charge in [0, 0.05) is 13.1 Å². The van der Waals surface area contributed by atoms with Crippen LogP contribution in [0, 0.1) is 11.3 Å². The number of thiophene rings is 1. The van der Waals surface area contributed by atoms with Crippen molar-refractivity contribution in [3.8, 4) is 6.07 Å². The smallest absolute Gasteiger partial charge is 0.209 e. The van der Waals surface area contributed by atoms with Crippen molar-refractivity contribution >= 4 is 38.0 Å². The van der Waals surface area contributed by atoms with Crippen molar-refractivity contribution in [1.29, 1.82) is 5.26 Å². The fourth-order valence-corrected chi connectivity index (χ4v) is 5.87. The number of para-hydroxylation sites is 2. The van der Waals surface area contributed by atoms with Crippen LogP contribution in [-0.4, -0.2) is 31.5 Å². The number of sulfone groups is 1. The highest BCUT2D eigenvalue weighted by Gasteiger charge is 2.35. The Balaban J connectivity index is 1.91. The van der Waals surface area contributed by atoms with Crippen molar-refractivity contribution in [3.63, 3.8) is 0 Å². The molecule has 8 heteroatoms. The Hall–Kier alpha value is -2.50. The van der Waals surface area contributed by atoms with E-state index < -0.39 is 15.1 Å². The minimum Gasteiger partial charge on any atom is -0.355 e. The molecule has 138 valence electrons. The number of piperidine rings is 1. The Morgan fingerprint density at radius 3 is 2.37 bits per heavy atom. The van der Waals surface area contributed by atoms with Gasteiger partial charge in [-0.2, -0.15) is 5.26 Å². The van der Waals surface area contributed by atoms with Gasteiger partial charge in [-0.25, -0.2) is 18.4 Å². The summed E-state index contributed by atoms with van der Waals surface area (Å²) in [4.78, 5) is 11.4. The maximum Gasteiger partial charge on any atom is 0.209 e. The lowest BCUT2D eigenvalue weighted by atomic mass is 10.1. The average molecular weight is 399 g/mol. The molecule has 0 amide bonds. The predicted octanol–water partition coefficient (Wildman–Crippen LogP) is 3.72. The number of aromatic nitrogens is 2. The standard InChI is InChI=1S/C19H18N4O2S2/c20-13-16(27(24,25)17-9-6-12-26-17)18-19(23-10-4-1-5-11-23)22-15-8-3-2-7-14(15)21-18/h2-3,6-9,12,16H,1,4-5,10-11H2/t16-/m1/s1. The maximum atomic E-state index is 13.1. The molecule has 3 aromatic rings. The van der Waals surface area contributed by atoms with E-state index in [0.29, 0.717) is 16.9 Å². The van der Waals surface area contributed by atoms with Gasteiger partial charge in [0.2, 0.25) is 9.84 Å². The fraction of sp³-hybridized carbons (Fsp3) is 0.316. The van der Waals surface area contributed by atoms with Gasteiger partial charge in [0.1, 0.15) is 9.90 Å². The van der Waals surface area contributed by atoms with Crippen LogP contribution in [0.25, 0.3) is 11.0 Å². The number of nitriles is 1. The Morgan fingerprint density at radius 1 is 1.04 bits per heavy atom. The molecular weight excluding hydrogens is 380 g/mol. The summed E-state index contributed by atoms with van der Waals surface area (Å²) >= 11 is 1.11. The molecule has 0 bridgehead atoms. The molecule has 0 aliphatic carbocycles. The number of rotatable bonds is 4. The minimum absolute atomic E-state index is 0.175. The van der Waals surface area contributed by atoms with Crippen LogP contribution in [0.3, 0.4) is 0 Å². The van der Waals surface area contributed by atoms with Crippen LogP contribution in [-0.2, 0) is 9.84 Å². The van der Waals surface area contributed by atoms with Gasteiger partial charge in [0.05, 0.1) is 17.1 Å². The quantitative estimate of drug-likeness (QED) is 0.666. The normalized spacial score (nSPS) is 16.2. The van der Waals surface area contributed by atoms with Crippen LogP contribution in [0.1, 0.15) is 30.2 Å². The van der Waals surface area contributed by atoms with Gasteiger partial charge in [0.15, 0.2) is 11.1 Å². The molecule has 0 unspecified atom stereocenters. The van der Waals surface area contributed by atoms with Crippen LogP contribution >= 0.6 is 11.3 Å². The second kappa shape index (κ2) is 7.25. The molecule has 27 heavy (non-hydrogen) atoms. The van der Waals surface area contributed by atoms with E-state index in [2.05, 4.69) is 9.88 Å². The van der Waals surface area contributed by atoms with Crippen molar-refractivity contribution < 1.29 is 8.42 Å². The highest BCUT2D eigenvalue weighted by molar-refractivity contribution is 7.93. The minimum atomic E-state index is -3.86. The Morgan fingerprint density at radius 2 is 1.74 bits per heavy atom. The molecule has 4 rings (SSSR count). The third kappa shape index (κ3) is 3.29. The van der Waals surface area contributed by atoms with E-state index in [1.54, 1.807) is 17.5 Å². The van der Waals surface area contributed by atoms with Crippen molar-refractivity contribution in [2.24, 2.45) is 0 Å². The lowest BCUT2D eigenvalue weighted by Gasteiger charge is -2.29. The molecule has 1 aromatic carbocycles. The highest BCUT2D eigenvalue weighted by Crippen LogP contribution is 2.36. The fourth-order valence-electron chi connectivity index (χ4n) is 3.34. The summed E-state index contributed by atoms with van der Waals surface area (Å²) in [5.41, 5.74) is 1.52. The van der Waals surface area contributed by atoms with Crippen molar-refractivity contribution in [1.82, 2.24) is 9.97 Å². The van der Waals surface area contributed by atoms with Gasteiger partial charge < -0.3 is 4.90 Å². The zero-order valence-electron chi connectivity index (χ0n) is 14.6. The van der Waals surface area contributed by atoms with Gasteiger partial charge in [-0.3, -0.25) is 0 Å². The Labute approximate surface area is 162 Å². The van der Waals surface area contributed by atoms with E-state index >= 15 is 0 Å². The molecule has 1 aliphatic heterocycles. The topological polar surface area (TPSA) is 86.9 Å². The monoisotopic (exact) mass is 398 g/mol. The van der Waals surface area contributed by atoms with Gasteiger partial charge >= 0.3 is 0 Å². The van der Waals surface area contributed by atoms with Crippen LogP contribution < -0.4 is 4.90 Å². The summed E-state index contributed by atoms with van der Waals surface area (Å²) in [7, 11) is -3.86. The number of anilines is 1. The summed E-state index contributed by atoms with van der Waals surface area (Å²) in [6, 6.07) is 12.5. The zero-order valence-corrected chi connectivity index (χ0v) is 16.2. The summed E-state index contributed by atoms with van der Waals surface area (Å²) < 4.78 is 26.4. The lowest BCUT2D eigenvalue weighted by Crippen LogP contribution is -2.32. The first-order chi connectivity index (χ1) is 13.1. The molecule has 1 fully saturated rings. The van der Waals surface area contributed by atoms with Crippen LogP contribution in [0.2, 0.25) is 0 Å². The van der Waals surface area contributed by atoms with Crippen molar-refractivity contribution in [3.05, 3.63) is 47.5 Å². The first-order valence-corrected chi connectivity index (χ1v) is 11.2. The highest BCUT2D eigenvalue weighted by atomic mass is 32.2.